The molecule has 0 saturated carbocycles. The van der Waals surface area contributed by atoms with Gasteiger partial charge in [-0.25, -0.2) is 4.39 Å². The van der Waals surface area contributed by atoms with Crippen LogP contribution in [0.5, 0.6) is 0 Å². The van der Waals surface area contributed by atoms with Crippen molar-refractivity contribution in [3.63, 3.8) is 0 Å². The first kappa shape index (κ1) is 21.2. The fraction of sp³-hybridized carbons (Fsp3) is 0.409. The maximum Gasteiger partial charge on any atom is 0.223 e. The number of thioether (sulfide) groups is 1. The van der Waals surface area contributed by atoms with Gasteiger partial charge in [0, 0.05) is 34.7 Å². The summed E-state index contributed by atoms with van der Waals surface area (Å²) >= 11 is 7.74. The molecule has 1 N–H and O–H groups in total. The molecule has 3 nitrogen and oxygen atoms in total. The van der Waals surface area contributed by atoms with E-state index in [-0.39, 0.29) is 17.6 Å². The van der Waals surface area contributed by atoms with Gasteiger partial charge in [-0.2, -0.15) is 0 Å². The van der Waals surface area contributed by atoms with Crippen LogP contribution in [0.2, 0.25) is 5.02 Å². The molecule has 2 aromatic carbocycles. The van der Waals surface area contributed by atoms with Gasteiger partial charge in [0.15, 0.2) is 0 Å². The molecule has 1 amide bonds. The highest BCUT2D eigenvalue weighted by molar-refractivity contribution is 7.99. The number of halogens is 2. The second-order valence-corrected chi connectivity index (χ2v) is 8.82. The van der Waals surface area contributed by atoms with Crippen LogP contribution in [-0.4, -0.2) is 36.2 Å². The van der Waals surface area contributed by atoms with Crippen molar-refractivity contribution in [1.29, 1.82) is 0 Å². The van der Waals surface area contributed by atoms with Gasteiger partial charge < -0.3 is 10.2 Å². The number of carbonyl (C=O) groups is 1. The SMILES string of the molecule is Cc1ccc(CNC(=O)C2CCN(CCSc3ccc(Cl)cc3)CC2)cc1F. The van der Waals surface area contributed by atoms with Crippen LogP contribution in [0.4, 0.5) is 4.39 Å². The van der Waals surface area contributed by atoms with E-state index >= 15 is 0 Å². The Morgan fingerprint density at radius 3 is 2.61 bits per heavy atom. The van der Waals surface area contributed by atoms with Gasteiger partial charge in [-0.15, -0.1) is 11.8 Å². The lowest BCUT2D eigenvalue weighted by molar-refractivity contribution is -0.126. The number of piperidine rings is 1. The number of likely N-dealkylation sites (tertiary alicyclic amines) is 1. The van der Waals surface area contributed by atoms with E-state index in [0.29, 0.717) is 12.1 Å². The Balaban J connectivity index is 1.35. The number of benzene rings is 2. The third-order valence-corrected chi connectivity index (χ3v) is 6.40. The predicted octanol–water partition coefficient (Wildman–Crippen LogP) is 4.91. The molecule has 0 atom stereocenters. The van der Waals surface area contributed by atoms with Crippen molar-refractivity contribution in [1.82, 2.24) is 10.2 Å². The van der Waals surface area contributed by atoms with Gasteiger partial charge in [-0.3, -0.25) is 4.79 Å². The number of nitrogens with zero attached hydrogens (tertiary/aromatic N) is 1. The van der Waals surface area contributed by atoms with E-state index in [1.807, 2.05) is 42.1 Å². The molecular formula is C22H26ClFN2OS. The Hall–Kier alpha value is -1.56. The Morgan fingerprint density at radius 1 is 1.21 bits per heavy atom. The minimum atomic E-state index is -0.225. The smallest absolute Gasteiger partial charge is 0.223 e. The van der Waals surface area contributed by atoms with Crippen LogP contribution in [0.1, 0.15) is 24.0 Å². The summed E-state index contributed by atoms with van der Waals surface area (Å²) in [6.45, 7) is 5.02. The zero-order valence-corrected chi connectivity index (χ0v) is 17.7. The normalized spacial score (nSPS) is 15.5. The highest BCUT2D eigenvalue weighted by atomic mass is 35.5. The highest BCUT2D eigenvalue weighted by Crippen LogP contribution is 2.22. The van der Waals surface area contributed by atoms with Gasteiger partial charge in [0.1, 0.15) is 5.82 Å². The summed E-state index contributed by atoms with van der Waals surface area (Å²) in [6.07, 6.45) is 1.75. The molecule has 1 heterocycles. The van der Waals surface area contributed by atoms with Crippen LogP contribution in [0.25, 0.3) is 0 Å². The van der Waals surface area contributed by atoms with Crippen molar-refractivity contribution in [2.24, 2.45) is 5.92 Å². The monoisotopic (exact) mass is 420 g/mol. The van der Waals surface area contributed by atoms with Gasteiger partial charge in [-0.1, -0.05) is 23.7 Å². The Labute approximate surface area is 175 Å². The maximum absolute atomic E-state index is 13.6. The number of nitrogens with one attached hydrogen (secondary N) is 1. The number of carbonyl (C=O) groups excluding carboxylic acids is 1. The van der Waals surface area contributed by atoms with Crippen LogP contribution in [0.15, 0.2) is 47.4 Å². The summed E-state index contributed by atoms with van der Waals surface area (Å²) in [5.41, 5.74) is 1.42. The first-order valence-electron chi connectivity index (χ1n) is 9.65. The van der Waals surface area contributed by atoms with Gasteiger partial charge >= 0.3 is 0 Å². The minimum absolute atomic E-state index is 0.0514. The molecule has 2 aromatic rings. The molecule has 150 valence electrons. The minimum Gasteiger partial charge on any atom is -0.352 e. The summed E-state index contributed by atoms with van der Waals surface area (Å²) in [4.78, 5) is 16.1. The molecule has 0 unspecified atom stereocenters. The highest BCUT2D eigenvalue weighted by Gasteiger charge is 2.24. The number of amides is 1. The molecule has 1 aliphatic rings. The zero-order chi connectivity index (χ0) is 19.9. The Kier molecular flexibility index (Phi) is 7.77. The predicted molar refractivity (Wildman–Crippen MR) is 114 cm³/mol. The summed E-state index contributed by atoms with van der Waals surface area (Å²) < 4.78 is 13.6. The summed E-state index contributed by atoms with van der Waals surface area (Å²) in [6, 6.07) is 13.0. The lowest BCUT2D eigenvalue weighted by atomic mass is 9.96. The average Bonchev–Trinajstić information content (AvgIpc) is 2.70. The summed E-state index contributed by atoms with van der Waals surface area (Å²) in [7, 11) is 0. The van der Waals surface area contributed by atoms with E-state index in [2.05, 4.69) is 10.2 Å². The zero-order valence-electron chi connectivity index (χ0n) is 16.1. The molecule has 0 radical (unpaired) electrons. The molecule has 0 spiro atoms. The number of aryl methyl sites for hydroxylation is 1. The topological polar surface area (TPSA) is 32.3 Å². The molecule has 1 aliphatic heterocycles. The number of rotatable bonds is 7. The molecule has 0 aliphatic carbocycles. The first-order valence-corrected chi connectivity index (χ1v) is 11.0. The van der Waals surface area contributed by atoms with Gasteiger partial charge in [-0.05, 0) is 74.3 Å². The number of hydrogen-bond acceptors (Lipinski definition) is 3. The second kappa shape index (κ2) is 10.3. The van der Waals surface area contributed by atoms with Crippen LogP contribution >= 0.6 is 23.4 Å². The van der Waals surface area contributed by atoms with Crippen molar-refractivity contribution in [3.05, 3.63) is 64.4 Å². The second-order valence-electron chi connectivity index (χ2n) is 7.22. The molecule has 0 aromatic heterocycles. The van der Waals surface area contributed by atoms with Gasteiger partial charge in [0.25, 0.3) is 0 Å². The van der Waals surface area contributed by atoms with E-state index in [4.69, 9.17) is 11.6 Å². The van der Waals surface area contributed by atoms with Crippen molar-refractivity contribution in [2.75, 3.05) is 25.4 Å². The lowest BCUT2D eigenvalue weighted by Gasteiger charge is -2.31. The van der Waals surface area contributed by atoms with Crippen molar-refractivity contribution < 1.29 is 9.18 Å². The lowest BCUT2D eigenvalue weighted by Crippen LogP contribution is -2.41. The average molecular weight is 421 g/mol. The Morgan fingerprint density at radius 2 is 1.93 bits per heavy atom. The number of hydrogen-bond donors (Lipinski definition) is 1. The summed E-state index contributed by atoms with van der Waals surface area (Å²) in [5, 5.41) is 3.72. The van der Waals surface area contributed by atoms with Crippen molar-refractivity contribution in [2.45, 2.75) is 31.2 Å². The Bertz CT molecular complexity index is 792. The van der Waals surface area contributed by atoms with Crippen molar-refractivity contribution >= 4 is 29.3 Å². The summed E-state index contributed by atoms with van der Waals surface area (Å²) in [5.74, 6) is 0.931. The van der Waals surface area contributed by atoms with E-state index in [9.17, 15) is 9.18 Å². The molecule has 6 heteroatoms. The fourth-order valence-electron chi connectivity index (χ4n) is 3.32. The van der Waals surface area contributed by atoms with E-state index < -0.39 is 0 Å². The van der Waals surface area contributed by atoms with Crippen LogP contribution in [-0.2, 0) is 11.3 Å². The van der Waals surface area contributed by atoms with E-state index in [0.717, 1.165) is 48.8 Å². The molecule has 3 rings (SSSR count). The third-order valence-electron chi connectivity index (χ3n) is 5.15. The van der Waals surface area contributed by atoms with Crippen LogP contribution in [0.3, 0.4) is 0 Å². The fourth-order valence-corrected chi connectivity index (χ4v) is 4.36. The first-order chi connectivity index (χ1) is 13.5. The van der Waals surface area contributed by atoms with Crippen LogP contribution < -0.4 is 5.32 Å². The van der Waals surface area contributed by atoms with Gasteiger partial charge in [0.05, 0.1) is 0 Å². The molecule has 28 heavy (non-hydrogen) atoms. The van der Waals surface area contributed by atoms with Crippen molar-refractivity contribution in [3.8, 4) is 0 Å². The third kappa shape index (κ3) is 6.23. The standard InChI is InChI=1S/C22H26ClFN2OS/c1-16-2-3-17(14-21(16)24)15-25-22(27)18-8-10-26(11-9-18)12-13-28-20-6-4-19(23)5-7-20/h2-7,14,18H,8-13,15H2,1H3,(H,25,27). The molecular weight excluding hydrogens is 395 g/mol. The van der Waals surface area contributed by atoms with E-state index in [1.165, 1.54) is 11.0 Å². The quantitative estimate of drug-likeness (QED) is 0.646. The largest absolute Gasteiger partial charge is 0.352 e. The molecule has 1 fully saturated rings. The molecule has 1 saturated heterocycles. The van der Waals surface area contributed by atoms with Crippen LogP contribution in [0, 0.1) is 18.7 Å². The maximum atomic E-state index is 13.6. The van der Waals surface area contributed by atoms with E-state index in [1.54, 1.807) is 13.0 Å². The van der Waals surface area contributed by atoms with Gasteiger partial charge in [0.2, 0.25) is 5.91 Å². The molecule has 0 bridgehead atoms.